The molecule has 2 aromatic heterocycles. The Labute approximate surface area is 153 Å². The second-order valence-electron chi connectivity index (χ2n) is 7.14. The maximum Gasteiger partial charge on any atom is 0.240 e. The van der Waals surface area contributed by atoms with Gasteiger partial charge in [-0.1, -0.05) is 0 Å². The van der Waals surface area contributed by atoms with Crippen molar-refractivity contribution < 1.29 is 9.53 Å². The molecule has 1 aliphatic carbocycles. The summed E-state index contributed by atoms with van der Waals surface area (Å²) >= 11 is 0. The summed E-state index contributed by atoms with van der Waals surface area (Å²) in [5.74, 6) is 0.922. The molecule has 5 heteroatoms. The zero-order valence-corrected chi connectivity index (χ0v) is 15.6. The van der Waals surface area contributed by atoms with Crippen molar-refractivity contribution in [3.63, 3.8) is 0 Å². The molecule has 1 aromatic carbocycles. The van der Waals surface area contributed by atoms with Gasteiger partial charge in [0.1, 0.15) is 12.3 Å². The fourth-order valence-corrected chi connectivity index (χ4v) is 4.05. The van der Waals surface area contributed by atoms with Crippen LogP contribution in [0.3, 0.4) is 0 Å². The summed E-state index contributed by atoms with van der Waals surface area (Å²) in [5, 5.41) is 4.44. The third kappa shape index (κ3) is 2.87. The molecule has 0 spiro atoms. The molecule has 2 N–H and O–H groups in total. The van der Waals surface area contributed by atoms with E-state index >= 15 is 0 Å². The van der Waals surface area contributed by atoms with E-state index in [0.717, 1.165) is 47.6 Å². The molecule has 4 rings (SSSR count). The Kier molecular flexibility index (Phi) is 4.23. The van der Waals surface area contributed by atoms with E-state index in [0.29, 0.717) is 6.54 Å². The molecule has 26 heavy (non-hydrogen) atoms. The average Bonchev–Trinajstić information content (AvgIpc) is 3.16. The summed E-state index contributed by atoms with van der Waals surface area (Å²) in [6, 6.07) is 10.2. The highest BCUT2D eigenvalue weighted by molar-refractivity contribution is 5.87. The number of nitrogens with zero attached hydrogens (tertiary/aromatic N) is 1. The van der Waals surface area contributed by atoms with Gasteiger partial charge in [0.15, 0.2) is 0 Å². The zero-order chi connectivity index (χ0) is 18.3. The number of fused-ring (bicyclic) bond motifs is 3. The number of carbonyl (C=O) groups excluding carboxylic acids is 1. The number of H-pyrrole nitrogens is 1. The number of amides is 1. The fourth-order valence-electron chi connectivity index (χ4n) is 4.05. The second-order valence-corrected chi connectivity index (χ2v) is 7.14. The van der Waals surface area contributed by atoms with E-state index in [1.807, 2.05) is 32.0 Å². The van der Waals surface area contributed by atoms with Gasteiger partial charge in [-0.3, -0.25) is 4.79 Å². The normalized spacial score (nSPS) is 16.5. The number of rotatable bonds is 4. The topological polar surface area (TPSA) is 59.0 Å². The summed E-state index contributed by atoms with van der Waals surface area (Å²) in [6.45, 7) is 4.43. The molecule has 3 aromatic rings. The van der Waals surface area contributed by atoms with Gasteiger partial charge in [-0.15, -0.1) is 0 Å². The summed E-state index contributed by atoms with van der Waals surface area (Å²) < 4.78 is 7.42. The van der Waals surface area contributed by atoms with E-state index in [2.05, 4.69) is 27.0 Å². The minimum atomic E-state index is 0.0424. The van der Waals surface area contributed by atoms with Crippen LogP contribution in [0.4, 0.5) is 0 Å². The second kappa shape index (κ2) is 6.56. The van der Waals surface area contributed by atoms with Gasteiger partial charge in [-0.2, -0.15) is 0 Å². The van der Waals surface area contributed by atoms with E-state index in [-0.39, 0.29) is 11.9 Å². The number of carbonyl (C=O) groups is 1. The Hall–Kier alpha value is -2.69. The Balaban J connectivity index is 1.59. The first-order chi connectivity index (χ1) is 12.6. The molecule has 2 heterocycles. The predicted octanol–water partition coefficient (Wildman–Crippen LogP) is 3.79. The summed E-state index contributed by atoms with van der Waals surface area (Å²) in [7, 11) is 1.69. The van der Waals surface area contributed by atoms with Gasteiger partial charge in [0.2, 0.25) is 5.91 Å². The lowest BCUT2D eigenvalue weighted by molar-refractivity contribution is -0.122. The molecular formula is C21H25N3O2. The van der Waals surface area contributed by atoms with Crippen molar-refractivity contribution in [1.82, 2.24) is 14.9 Å². The molecule has 0 saturated heterocycles. The van der Waals surface area contributed by atoms with Crippen LogP contribution in [-0.4, -0.2) is 22.6 Å². The lowest BCUT2D eigenvalue weighted by Crippen LogP contribution is -2.33. The van der Waals surface area contributed by atoms with Gasteiger partial charge < -0.3 is 19.6 Å². The molecule has 0 bridgehead atoms. The van der Waals surface area contributed by atoms with Crippen molar-refractivity contribution in [3.8, 4) is 5.75 Å². The first-order valence-electron chi connectivity index (χ1n) is 9.17. The number of aromatic nitrogens is 2. The number of hydrogen-bond donors (Lipinski definition) is 2. The maximum atomic E-state index is 12.6. The van der Waals surface area contributed by atoms with E-state index in [1.165, 1.54) is 10.9 Å². The molecule has 0 fully saturated rings. The quantitative estimate of drug-likeness (QED) is 0.751. The van der Waals surface area contributed by atoms with Gasteiger partial charge in [0.25, 0.3) is 0 Å². The Morgan fingerprint density at radius 3 is 2.77 bits per heavy atom. The van der Waals surface area contributed by atoms with Crippen LogP contribution in [-0.2, 0) is 17.8 Å². The number of aryl methyl sites for hydroxylation is 3. The number of methoxy groups -OCH3 is 1. The molecule has 1 atom stereocenters. The highest BCUT2D eigenvalue weighted by Gasteiger charge is 2.26. The minimum Gasteiger partial charge on any atom is -0.497 e. The summed E-state index contributed by atoms with van der Waals surface area (Å²) in [5.41, 5.74) is 5.78. The molecule has 1 amide bonds. The van der Waals surface area contributed by atoms with Crippen LogP contribution < -0.4 is 10.1 Å². The van der Waals surface area contributed by atoms with Crippen LogP contribution in [0.15, 0.2) is 30.3 Å². The van der Waals surface area contributed by atoms with E-state index in [1.54, 1.807) is 7.11 Å². The summed E-state index contributed by atoms with van der Waals surface area (Å²) in [4.78, 5) is 16.2. The van der Waals surface area contributed by atoms with Crippen molar-refractivity contribution in [1.29, 1.82) is 0 Å². The van der Waals surface area contributed by atoms with Crippen molar-refractivity contribution in [2.45, 2.75) is 45.7 Å². The molecule has 0 radical (unpaired) electrons. The van der Waals surface area contributed by atoms with Gasteiger partial charge in [-0.25, -0.2) is 0 Å². The molecule has 0 aliphatic heterocycles. The van der Waals surface area contributed by atoms with Gasteiger partial charge in [-0.05, 0) is 69.0 Å². The first kappa shape index (κ1) is 16.8. The Bertz CT molecular complexity index is 948. The highest BCUT2D eigenvalue weighted by Crippen LogP contribution is 2.36. The highest BCUT2D eigenvalue weighted by atomic mass is 16.5. The molecule has 5 nitrogen and oxygen atoms in total. The van der Waals surface area contributed by atoms with Crippen molar-refractivity contribution in [3.05, 3.63) is 53.0 Å². The van der Waals surface area contributed by atoms with Crippen LogP contribution >= 0.6 is 0 Å². The molecule has 0 unspecified atom stereocenters. The van der Waals surface area contributed by atoms with E-state index in [9.17, 15) is 4.79 Å². The number of benzene rings is 1. The smallest absolute Gasteiger partial charge is 0.240 e. The Morgan fingerprint density at radius 1 is 1.27 bits per heavy atom. The number of aromatic amines is 1. The van der Waals surface area contributed by atoms with Crippen LogP contribution in [0.2, 0.25) is 0 Å². The lowest BCUT2D eigenvalue weighted by Gasteiger charge is -2.24. The maximum absolute atomic E-state index is 12.6. The number of hydrogen-bond acceptors (Lipinski definition) is 2. The van der Waals surface area contributed by atoms with Gasteiger partial charge in [0.05, 0.1) is 13.2 Å². The molecule has 1 aliphatic rings. The van der Waals surface area contributed by atoms with Crippen molar-refractivity contribution >= 4 is 16.8 Å². The minimum absolute atomic E-state index is 0.0424. The van der Waals surface area contributed by atoms with Crippen LogP contribution in [0.25, 0.3) is 10.9 Å². The molecule has 136 valence electrons. The predicted molar refractivity (Wildman–Crippen MR) is 103 cm³/mol. The number of nitrogens with one attached hydrogen (secondary N) is 2. The standard InChI is InChI=1S/C21H25N3O2/c1-13-7-8-14(2)24(13)12-20(25)22-19-6-4-5-16-17-11-15(26-3)9-10-18(17)23-21(16)19/h7-11,19,23H,4-6,12H2,1-3H3,(H,22,25)/t19-/m1/s1. The van der Waals surface area contributed by atoms with Gasteiger partial charge >= 0.3 is 0 Å². The van der Waals surface area contributed by atoms with Crippen LogP contribution in [0.5, 0.6) is 5.75 Å². The third-order valence-electron chi connectivity index (χ3n) is 5.47. The van der Waals surface area contributed by atoms with Crippen molar-refractivity contribution in [2.24, 2.45) is 0 Å². The van der Waals surface area contributed by atoms with Crippen molar-refractivity contribution in [2.75, 3.05) is 7.11 Å². The lowest BCUT2D eigenvalue weighted by atomic mass is 9.91. The number of ether oxygens (including phenoxy) is 1. The first-order valence-corrected chi connectivity index (χ1v) is 9.17. The fraction of sp³-hybridized carbons (Fsp3) is 0.381. The molecule has 0 saturated carbocycles. The van der Waals surface area contributed by atoms with E-state index < -0.39 is 0 Å². The monoisotopic (exact) mass is 351 g/mol. The average molecular weight is 351 g/mol. The Morgan fingerprint density at radius 2 is 2.04 bits per heavy atom. The SMILES string of the molecule is COc1ccc2[nH]c3c(c2c1)CCC[C@H]3NC(=O)Cn1c(C)ccc1C. The summed E-state index contributed by atoms with van der Waals surface area (Å²) in [6.07, 6.45) is 3.07. The van der Waals surface area contributed by atoms with Gasteiger partial charge in [0, 0.05) is 28.0 Å². The van der Waals surface area contributed by atoms with E-state index in [4.69, 9.17) is 4.74 Å². The third-order valence-corrected chi connectivity index (χ3v) is 5.47. The molecular weight excluding hydrogens is 326 g/mol. The zero-order valence-electron chi connectivity index (χ0n) is 15.6. The van der Waals surface area contributed by atoms with Crippen LogP contribution in [0, 0.1) is 13.8 Å². The van der Waals surface area contributed by atoms with Crippen LogP contribution in [0.1, 0.15) is 41.5 Å². The largest absolute Gasteiger partial charge is 0.497 e.